The van der Waals surface area contributed by atoms with Crippen molar-refractivity contribution in [2.24, 2.45) is 10.1 Å². The average molecular weight is 460 g/mol. The van der Waals surface area contributed by atoms with Crippen LogP contribution in [0.15, 0.2) is 58.7 Å². The minimum absolute atomic E-state index is 0.108. The van der Waals surface area contributed by atoms with E-state index in [1.54, 1.807) is 13.1 Å². The van der Waals surface area contributed by atoms with Gasteiger partial charge in [0.05, 0.1) is 7.05 Å². The number of fused-ring (bicyclic) bond motifs is 1. The van der Waals surface area contributed by atoms with Crippen LogP contribution in [0.4, 0.5) is 4.39 Å². The summed E-state index contributed by atoms with van der Waals surface area (Å²) in [6.45, 7) is 0.567. The van der Waals surface area contributed by atoms with Gasteiger partial charge in [0.15, 0.2) is 17.9 Å². The van der Waals surface area contributed by atoms with Gasteiger partial charge < -0.3 is 10.1 Å². The topological polar surface area (TPSA) is 93.8 Å². The van der Waals surface area contributed by atoms with E-state index < -0.39 is 15.8 Å². The molecule has 0 saturated carbocycles. The van der Waals surface area contributed by atoms with E-state index in [-0.39, 0.29) is 33.8 Å². The van der Waals surface area contributed by atoms with E-state index in [0.717, 1.165) is 24.0 Å². The highest BCUT2D eigenvalue weighted by molar-refractivity contribution is 7.93. The number of quaternary nitrogens is 1. The number of aliphatic imine (C=N–C) groups is 1. The number of benzene rings is 2. The molecule has 1 aliphatic heterocycles. The van der Waals surface area contributed by atoms with Crippen LogP contribution in [0.2, 0.25) is 0 Å². The van der Waals surface area contributed by atoms with E-state index >= 15 is 0 Å². The molecule has 7 nitrogen and oxygen atoms in total. The summed E-state index contributed by atoms with van der Waals surface area (Å²) in [7, 11) is -0.150. The van der Waals surface area contributed by atoms with Crippen molar-refractivity contribution in [3.63, 3.8) is 0 Å². The van der Waals surface area contributed by atoms with Gasteiger partial charge in [-0.05, 0) is 48.7 Å². The number of sulfonamides is 1. The normalized spacial score (nSPS) is 24.4. The number of hydrogen-bond acceptors (Lipinski definition) is 5. The first-order valence-corrected chi connectivity index (χ1v) is 12.1. The van der Waals surface area contributed by atoms with Gasteiger partial charge in [-0.1, -0.05) is 30.3 Å². The summed E-state index contributed by atoms with van der Waals surface area (Å²) >= 11 is 0. The van der Waals surface area contributed by atoms with Gasteiger partial charge in [0.25, 0.3) is 10.0 Å². The van der Waals surface area contributed by atoms with Gasteiger partial charge >= 0.3 is 0 Å². The van der Waals surface area contributed by atoms with Gasteiger partial charge in [-0.2, -0.15) is 4.99 Å². The van der Waals surface area contributed by atoms with E-state index in [0.29, 0.717) is 6.54 Å². The Balaban J connectivity index is 1.49. The van der Waals surface area contributed by atoms with Gasteiger partial charge in [-0.3, -0.25) is 4.48 Å². The zero-order valence-electron chi connectivity index (χ0n) is 18.2. The molecule has 0 spiro atoms. The quantitative estimate of drug-likeness (QED) is 0.592. The molecule has 2 aliphatic rings. The molecule has 0 saturated heterocycles. The fraction of sp³-hybridized carbons (Fsp3) is 0.348. The number of likely N-dealkylation sites (N-methyl/N-ethyl adjacent to an activating group) is 2. The highest BCUT2D eigenvalue weighted by atomic mass is 32.2. The van der Waals surface area contributed by atoms with Crippen molar-refractivity contribution in [3.05, 3.63) is 76.2 Å². The van der Waals surface area contributed by atoms with Crippen LogP contribution in [-0.2, 0) is 22.9 Å². The fourth-order valence-electron chi connectivity index (χ4n) is 4.39. The molecule has 170 valence electrons. The number of halogens is 1. The largest absolute Gasteiger partial charge is 0.485 e. The van der Waals surface area contributed by atoms with Crippen LogP contribution < -0.4 is 15.2 Å². The number of nitrogens with one attached hydrogen (secondary N) is 1. The summed E-state index contributed by atoms with van der Waals surface area (Å²) in [4.78, 5) is 3.88. The minimum atomic E-state index is -3.86. The molecule has 3 unspecified atom stereocenters. The van der Waals surface area contributed by atoms with Gasteiger partial charge in [-0.15, -0.1) is 0 Å². The number of primary sulfonamides is 1. The molecule has 2 aromatic rings. The Bertz CT molecular complexity index is 1170. The third-order valence-corrected chi connectivity index (χ3v) is 6.96. The Labute approximate surface area is 188 Å². The van der Waals surface area contributed by atoms with E-state index in [4.69, 9.17) is 9.88 Å². The second kappa shape index (κ2) is 8.74. The Morgan fingerprint density at radius 3 is 2.69 bits per heavy atom. The Morgan fingerprint density at radius 2 is 2.03 bits per heavy atom. The van der Waals surface area contributed by atoms with Crippen LogP contribution in [0, 0.1) is 5.82 Å². The Morgan fingerprint density at radius 1 is 1.28 bits per heavy atom. The van der Waals surface area contributed by atoms with Crippen molar-refractivity contribution in [1.82, 2.24) is 5.32 Å². The monoisotopic (exact) mass is 459 g/mol. The zero-order chi connectivity index (χ0) is 22.9. The molecule has 0 radical (unpaired) electrons. The molecule has 3 atom stereocenters. The SMILES string of the molecule is CNC1Cc2cc(F)c(OCC[N+]3(C)C=NC(S(N)(=O)=O)=C3)cc2C1Cc1ccccc1. The molecule has 2 aromatic carbocycles. The molecule has 0 amide bonds. The Hall–Kier alpha value is -2.59. The molecule has 1 aliphatic carbocycles. The number of ether oxygens (including phenoxy) is 1. The van der Waals surface area contributed by atoms with Crippen molar-refractivity contribution in [1.29, 1.82) is 0 Å². The van der Waals surface area contributed by atoms with Gasteiger partial charge in [0, 0.05) is 12.0 Å². The van der Waals surface area contributed by atoms with Crippen LogP contribution in [0.3, 0.4) is 0 Å². The summed E-state index contributed by atoms with van der Waals surface area (Å²) in [5, 5.41) is 8.34. The fourth-order valence-corrected chi connectivity index (χ4v) is 4.97. The second-order valence-corrected chi connectivity index (χ2v) is 10.1. The summed E-state index contributed by atoms with van der Waals surface area (Å²) in [5.41, 5.74) is 3.34. The predicted molar refractivity (Wildman–Crippen MR) is 122 cm³/mol. The summed E-state index contributed by atoms with van der Waals surface area (Å²) in [6, 6.07) is 13.9. The van der Waals surface area contributed by atoms with E-state index in [2.05, 4.69) is 22.4 Å². The molecule has 1 heterocycles. The molecule has 0 aromatic heterocycles. The van der Waals surface area contributed by atoms with E-state index in [1.165, 1.54) is 18.1 Å². The summed E-state index contributed by atoms with van der Waals surface area (Å²) in [5.74, 6) is 0.0327. The van der Waals surface area contributed by atoms with Gasteiger partial charge in [0.2, 0.25) is 5.03 Å². The first-order valence-electron chi connectivity index (χ1n) is 10.5. The molecular weight excluding hydrogens is 431 g/mol. The first-order chi connectivity index (χ1) is 15.2. The van der Waals surface area contributed by atoms with Crippen LogP contribution in [0.25, 0.3) is 0 Å². The van der Waals surface area contributed by atoms with Crippen LogP contribution in [0.5, 0.6) is 5.75 Å². The zero-order valence-corrected chi connectivity index (χ0v) is 19.0. The molecular formula is C23H28FN4O3S+. The molecule has 0 bridgehead atoms. The van der Waals surface area contributed by atoms with Gasteiger partial charge in [0.1, 0.15) is 19.4 Å². The maximum absolute atomic E-state index is 14.8. The van der Waals surface area contributed by atoms with Gasteiger partial charge in [-0.25, -0.2) is 17.9 Å². The maximum atomic E-state index is 14.8. The lowest BCUT2D eigenvalue weighted by atomic mass is 9.91. The van der Waals surface area contributed by atoms with Crippen molar-refractivity contribution in [3.8, 4) is 5.75 Å². The van der Waals surface area contributed by atoms with Crippen molar-refractivity contribution in [2.75, 3.05) is 27.2 Å². The van der Waals surface area contributed by atoms with Crippen molar-refractivity contribution >= 4 is 16.4 Å². The Kier molecular flexibility index (Phi) is 6.17. The smallest absolute Gasteiger partial charge is 0.261 e. The third-order valence-electron chi connectivity index (χ3n) is 6.16. The summed E-state index contributed by atoms with van der Waals surface area (Å²) < 4.78 is 43.6. The average Bonchev–Trinajstić information content (AvgIpc) is 3.30. The highest BCUT2D eigenvalue weighted by Gasteiger charge is 2.33. The van der Waals surface area contributed by atoms with Crippen molar-refractivity contribution in [2.45, 2.75) is 24.8 Å². The lowest BCUT2D eigenvalue weighted by Crippen LogP contribution is -2.39. The van der Waals surface area contributed by atoms with Crippen LogP contribution in [-0.4, -0.2) is 52.5 Å². The van der Waals surface area contributed by atoms with Crippen LogP contribution in [0.1, 0.15) is 22.6 Å². The van der Waals surface area contributed by atoms with E-state index in [1.807, 2.05) is 31.3 Å². The van der Waals surface area contributed by atoms with Crippen LogP contribution >= 0.6 is 0 Å². The highest BCUT2D eigenvalue weighted by Crippen LogP contribution is 2.39. The minimum Gasteiger partial charge on any atom is -0.485 e. The lowest BCUT2D eigenvalue weighted by molar-refractivity contribution is -0.756. The summed E-state index contributed by atoms with van der Waals surface area (Å²) in [6.07, 6.45) is 4.56. The number of hydrogen-bond donors (Lipinski definition) is 2. The third kappa shape index (κ3) is 4.75. The standard InChI is InChI=1S/C23H28FN4O3S/c1-26-21-12-17-11-20(24)22(13-18(17)19(21)10-16-6-4-3-5-7-16)31-9-8-28(2)14-23(27-15-28)32(25,29)30/h3-7,11,13-15,19,21,26H,8-10,12H2,1-2H3,(H2,25,29,30)/q+1. The molecule has 0 fully saturated rings. The lowest BCUT2D eigenvalue weighted by Gasteiger charge is -2.22. The predicted octanol–water partition coefficient (Wildman–Crippen LogP) is 2.25. The molecule has 32 heavy (non-hydrogen) atoms. The number of nitrogens with zero attached hydrogens (tertiary/aromatic N) is 2. The molecule has 9 heteroatoms. The van der Waals surface area contributed by atoms with Crippen molar-refractivity contribution < 1.29 is 22.0 Å². The van der Waals surface area contributed by atoms with E-state index in [9.17, 15) is 12.8 Å². The number of nitrogens with two attached hydrogens (primary N) is 1. The second-order valence-electron chi connectivity index (χ2n) is 8.55. The molecule has 3 N–H and O–H groups in total. The molecule has 4 rings (SSSR count). The first kappa shape index (κ1) is 22.6. The number of rotatable bonds is 8. The maximum Gasteiger partial charge on any atom is 0.261 e.